The molecule has 1 amide bonds. The highest BCUT2D eigenvalue weighted by Gasteiger charge is 2.15. The van der Waals surface area contributed by atoms with Crippen LogP contribution in [0, 0.1) is 0 Å². The standard InChI is InChI=1S/C26H21Cl2N5O2/c1-32-13-19(12-30-32)17-4-9-23-24(11-17)33(14-18-10-20(27)5-8-22(18)28)25(31-23)15-35-21-6-2-16(3-7-21)26(29)34/h2-13H,14-15H2,1H3,(H2,29,34). The summed E-state index contributed by atoms with van der Waals surface area (Å²) < 4.78 is 9.84. The summed E-state index contributed by atoms with van der Waals surface area (Å²) in [6.07, 6.45) is 3.80. The number of imidazole rings is 1. The Bertz CT molecular complexity index is 1540. The van der Waals surface area contributed by atoms with Gasteiger partial charge in [0.05, 0.1) is 23.8 Å². The topological polar surface area (TPSA) is 88.0 Å². The van der Waals surface area contributed by atoms with Gasteiger partial charge < -0.3 is 15.0 Å². The zero-order chi connectivity index (χ0) is 24.5. The van der Waals surface area contributed by atoms with Gasteiger partial charge in [0, 0.05) is 34.4 Å². The summed E-state index contributed by atoms with van der Waals surface area (Å²) in [5, 5.41) is 5.51. The van der Waals surface area contributed by atoms with E-state index in [-0.39, 0.29) is 6.61 Å². The minimum Gasteiger partial charge on any atom is -0.486 e. The number of aromatic nitrogens is 4. The molecule has 5 rings (SSSR count). The van der Waals surface area contributed by atoms with Gasteiger partial charge in [0.15, 0.2) is 0 Å². The van der Waals surface area contributed by atoms with E-state index in [9.17, 15) is 4.79 Å². The number of benzene rings is 3. The zero-order valence-corrected chi connectivity index (χ0v) is 20.3. The van der Waals surface area contributed by atoms with Crippen LogP contribution in [0.3, 0.4) is 0 Å². The van der Waals surface area contributed by atoms with Gasteiger partial charge in [-0.25, -0.2) is 4.98 Å². The maximum absolute atomic E-state index is 11.3. The molecule has 35 heavy (non-hydrogen) atoms. The molecule has 0 bridgehead atoms. The molecule has 0 spiro atoms. The van der Waals surface area contributed by atoms with E-state index < -0.39 is 5.91 Å². The van der Waals surface area contributed by atoms with Crippen molar-refractivity contribution < 1.29 is 9.53 Å². The normalized spacial score (nSPS) is 11.2. The molecular formula is C26H21Cl2N5O2. The van der Waals surface area contributed by atoms with Gasteiger partial charge in [0.1, 0.15) is 18.2 Å². The number of amides is 1. The number of primary amides is 1. The summed E-state index contributed by atoms with van der Waals surface area (Å²) >= 11 is 12.7. The van der Waals surface area contributed by atoms with E-state index in [1.165, 1.54) is 0 Å². The minimum atomic E-state index is -0.485. The van der Waals surface area contributed by atoms with Crippen molar-refractivity contribution in [3.05, 3.63) is 100 Å². The third-order valence-electron chi connectivity index (χ3n) is 5.71. The van der Waals surface area contributed by atoms with Crippen molar-refractivity contribution in [2.45, 2.75) is 13.2 Å². The first-order valence-corrected chi connectivity index (χ1v) is 11.6. The van der Waals surface area contributed by atoms with Crippen LogP contribution in [-0.2, 0) is 20.2 Å². The second kappa shape index (κ2) is 9.44. The maximum Gasteiger partial charge on any atom is 0.248 e. The molecule has 2 N–H and O–H groups in total. The lowest BCUT2D eigenvalue weighted by atomic mass is 10.1. The molecule has 2 heterocycles. The lowest BCUT2D eigenvalue weighted by molar-refractivity contribution is 0.1000. The summed E-state index contributed by atoms with van der Waals surface area (Å²) in [5.74, 6) is 0.838. The fourth-order valence-corrected chi connectivity index (χ4v) is 4.28. The highest BCUT2D eigenvalue weighted by atomic mass is 35.5. The molecule has 0 unspecified atom stereocenters. The maximum atomic E-state index is 11.3. The lowest BCUT2D eigenvalue weighted by Gasteiger charge is -2.13. The second-order valence-corrected chi connectivity index (χ2v) is 8.98. The Morgan fingerprint density at radius 3 is 2.54 bits per heavy atom. The molecule has 176 valence electrons. The van der Waals surface area contributed by atoms with Crippen LogP contribution in [0.1, 0.15) is 21.7 Å². The monoisotopic (exact) mass is 505 g/mol. The van der Waals surface area contributed by atoms with E-state index >= 15 is 0 Å². The van der Waals surface area contributed by atoms with Gasteiger partial charge in [-0.15, -0.1) is 0 Å². The van der Waals surface area contributed by atoms with Crippen LogP contribution in [0.25, 0.3) is 22.2 Å². The molecule has 0 atom stereocenters. The van der Waals surface area contributed by atoms with E-state index in [1.807, 2.05) is 37.6 Å². The first-order valence-electron chi connectivity index (χ1n) is 10.8. The van der Waals surface area contributed by atoms with Crippen LogP contribution in [0.5, 0.6) is 5.75 Å². The predicted octanol–water partition coefficient (Wildman–Crippen LogP) is 5.47. The molecule has 0 saturated carbocycles. The van der Waals surface area contributed by atoms with Crippen molar-refractivity contribution in [3.8, 4) is 16.9 Å². The summed E-state index contributed by atoms with van der Waals surface area (Å²) in [6.45, 7) is 0.677. The number of aryl methyl sites for hydroxylation is 1. The third kappa shape index (κ3) is 4.87. The van der Waals surface area contributed by atoms with Gasteiger partial charge in [-0.2, -0.15) is 5.10 Å². The number of fused-ring (bicyclic) bond motifs is 1. The Morgan fingerprint density at radius 2 is 1.83 bits per heavy atom. The van der Waals surface area contributed by atoms with Crippen LogP contribution >= 0.6 is 23.2 Å². The van der Waals surface area contributed by atoms with E-state index in [1.54, 1.807) is 41.1 Å². The zero-order valence-electron chi connectivity index (χ0n) is 18.8. The van der Waals surface area contributed by atoms with Crippen LogP contribution in [0.4, 0.5) is 0 Å². The molecule has 2 aromatic heterocycles. The Labute approximate surface area is 211 Å². The second-order valence-electron chi connectivity index (χ2n) is 8.13. The van der Waals surface area contributed by atoms with Crippen LogP contribution < -0.4 is 10.5 Å². The summed E-state index contributed by atoms with van der Waals surface area (Å²) in [6, 6.07) is 18.2. The number of hydrogen-bond acceptors (Lipinski definition) is 4. The number of nitrogens with zero attached hydrogens (tertiary/aromatic N) is 4. The highest BCUT2D eigenvalue weighted by Crippen LogP contribution is 2.28. The van der Waals surface area contributed by atoms with Gasteiger partial charge >= 0.3 is 0 Å². The molecule has 0 aliphatic carbocycles. The molecule has 0 saturated heterocycles. The smallest absolute Gasteiger partial charge is 0.248 e. The van der Waals surface area contributed by atoms with Crippen molar-refractivity contribution in [3.63, 3.8) is 0 Å². The van der Waals surface area contributed by atoms with Crippen molar-refractivity contribution in [2.24, 2.45) is 12.8 Å². The van der Waals surface area contributed by atoms with Gasteiger partial charge in [-0.1, -0.05) is 29.3 Å². The fraction of sp³-hybridized carbons (Fsp3) is 0.115. The molecule has 0 fully saturated rings. The van der Waals surface area contributed by atoms with E-state index in [4.69, 9.17) is 38.7 Å². The van der Waals surface area contributed by atoms with Crippen LogP contribution in [0.15, 0.2) is 73.1 Å². The van der Waals surface area contributed by atoms with Gasteiger partial charge in [0.2, 0.25) is 5.91 Å². The molecule has 0 aliphatic heterocycles. The molecular weight excluding hydrogens is 485 g/mol. The Balaban J connectivity index is 1.54. The van der Waals surface area contributed by atoms with Crippen molar-refractivity contribution in [1.82, 2.24) is 19.3 Å². The van der Waals surface area contributed by atoms with Crippen molar-refractivity contribution >= 4 is 40.1 Å². The largest absolute Gasteiger partial charge is 0.486 e. The quantitative estimate of drug-likeness (QED) is 0.317. The molecule has 9 heteroatoms. The highest BCUT2D eigenvalue weighted by molar-refractivity contribution is 6.33. The molecule has 0 radical (unpaired) electrons. The van der Waals surface area contributed by atoms with Gasteiger partial charge in [0.25, 0.3) is 0 Å². The average molecular weight is 506 g/mol. The Morgan fingerprint density at radius 1 is 1.03 bits per heavy atom. The number of halogens is 2. The molecule has 0 aliphatic rings. The van der Waals surface area contributed by atoms with Gasteiger partial charge in [-0.05, 0) is 65.7 Å². The van der Waals surface area contributed by atoms with E-state index in [0.29, 0.717) is 27.9 Å². The van der Waals surface area contributed by atoms with Crippen molar-refractivity contribution in [2.75, 3.05) is 0 Å². The number of nitrogens with two attached hydrogens (primary N) is 1. The lowest BCUT2D eigenvalue weighted by Crippen LogP contribution is -2.11. The molecule has 3 aromatic carbocycles. The molecule has 7 nitrogen and oxygen atoms in total. The minimum absolute atomic E-state index is 0.213. The number of carbonyl (C=O) groups is 1. The van der Waals surface area contributed by atoms with E-state index in [0.717, 1.165) is 33.5 Å². The number of ether oxygens (including phenoxy) is 1. The number of hydrogen-bond donors (Lipinski definition) is 1. The Kier molecular flexibility index (Phi) is 6.19. The van der Waals surface area contributed by atoms with Crippen LogP contribution in [-0.4, -0.2) is 25.2 Å². The van der Waals surface area contributed by atoms with Crippen LogP contribution in [0.2, 0.25) is 10.0 Å². The predicted molar refractivity (Wildman–Crippen MR) is 137 cm³/mol. The number of carbonyl (C=O) groups excluding carboxylic acids is 1. The first-order chi connectivity index (χ1) is 16.9. The number of rotatable bonds is 7. The third-order valence-corrected chi connectivity index (χ3v) is 6.31. The first kappa shape index (κ1) is 23.0. The fourth-order valence-electron chi connectivity index (χ4n) is 3.91. The van der Waals surface area contributed by atoms with E-state index in [2.05, 4.69) is 15.7 Å². The Hall–Kier alpha value is -3.81. The summed E-state index contributed by atoms with van der Waals surface area (Å²) in [5.41, 5.74) is 10.4. The summed E-state index contributed by atoms with van der Waals surface area (Å²) in [7, 11) is 1.89. The summed E-state index contributed by atoms with van der Waals surface area (Å²) in [4.78, 5) is 16.2. The SMILES string of the molecule is Cn1cc(-c2ccc3nc(COc4ccc(C(N)=O)cc4)n(Cc4cc(Cl)ccc4Cl)c3c2)cn1. The molecule has 5 aromatic rings. The van der Waals surface area contributed by atoms with Crippen molar-refractivity contribution in [1.29, 1.82) is 0 Å². The van der Waals surface area contributed by atoms with Gasteiger partial charge in [-0.3, -0.25) is 9.48 Å². The average Bonchev–Trinajstić information content (AvgIpc) is 3.43.